The number of carbonyl (C=O) groups is 1. The van der Waals surface area contributed by atoms with E-state index in [4.69, 9.17) is 10.00 Å². The number of nitrogens with zero attached hydrogens (tertiary/aromatic N) is 1. The van der Waals surface area contributed by atoms with Crippen LogP contribution in [0.3, 0.4) is 0 Å². The zero-order valence-corrected chi connectivity index (χ0v) is 15.1. The maximum atomic E-state index is 12.0. The Bertz CT molecular complexity index is 731. The molecule has 2 aromatic carbocycles. The molecule has 1 aliphatic rings. The first kappa shape index (κ1) is 19.5. The van der Waals surface area contributed by atoms with Gasteiger partial charge in [0.1, 0.15) is 6.10 Å². The van der Waals surface area contributed by atoms with E-state index in [0.29, 0.717) is 16.7 Å². The second kappa shape index (κ2) is 10.9. The highest BCUT2D eigenvalue weighted by atomic mass is 16.5. The number of hydrogen-bond donors (Lipinski definition) is 0. The van der Waals surface area contributed by atoms with Crippen LogP contribution in [0.15, 0.2) is 67.3 Å². The molecular weight excluding hydrogens is 322 g/mol. The Morgan fingerprint density at radius 2 is 1.50 bits per heavy atom. The minimum Gasteiger partial charge on any atom is -0.450 e. The quantitative estimate of drug-likeness (QED) is 0.505. The first-order valence-electron chi connectivity index (χ1n) is 9.14. The summed E-state index contributed by atoms with van der Waals surface area (Å²) in [6, 6.07) is 17.8. The van der Waals surface area contributed by atoms with E-state index in [0.717, 1.165) is 0 Å². The van der Waals surface area contributed by atoms with E-state index < -0.39 is 12.1 Å². The van der Waals surface area contributed by atoms with Crippen molar-refractivity contribution in [2.75, 3.05) is 0 Å². The fourth-order valence-corrected chi connectivity index (χ4v) is 2.90. The zero-order valence-electron chi connectivity index (χ0n) is 15.1. The number of rotatable bonds is 4. The van der Waals surface area contributed by atoms with Crippen LogP contribution in [-0.4, -0.2) is 5.97 Å². The van der Waals surface area contributed by atoms with Gasteiger partial charge in [-0.3, -0.25) is 0 Å². The first-order chi connectivity index (χ1) is 12.8. The van der Waals surface area contributed by atoms with Crippen molar-refractivity contribution in [3.05, 3.63) is 83.9 Å². The average Bonchev–Trinajstić information content (AvgIpc) is 2.74. The summed E-state index contributed by atoms with van der Waals surface area (Å²) in [6.07, 6.45) is 9.87. The Morgan fingerprint density at radius 3 is 2.04 bits per heavy atom. The van der Waals surface area contributed by atoms with Crippen LogP contribution in [0.4, 0.5) is 0 Å². The Kier molecular flexibility index (Phi) is 8.15. The van der Waals surface area contributed by atoms with Gasteiger partial charge >= 0.3 is 5.97 Å². The van der Waals surface area contributed by atoms with Crippen molar-refractivity contribution in [2.24, 2.45) is 0 Å². The SMILES string of the molecule is C1CCCCC1.C=CC(OC(=O)c1ccccc1)c1ccccc1C#N. The summed E-state index contributed by atoms with van der Waals surface area (Å²) in [5.41, 5.74) is 1.57. The third-order valence-electron chi connectivity index (χ3n) is 4.35. The molecule has 0 amide bonds. The van der Waals surface area contributed by atoms with E-state index in [1.807, 2.05) is 6.07 Å². The van der Waals surface area contributed by atoms with Crippen LogP contribution < -0.4 is 0 Å². The highest BCUT2D eigenvalue weighted by molar-refractivity contribution is 5.89. The van der Waals surface area contributed by atoms with Crippen LogP contribution >= 0.6 is 0 Å². The molecule has 1 fully saturated rings. The van der Waals surface area contributed by atoms with Crippen LogP contribution in [0.1, 0.15) is 66.1 Å². The molecule has 0 radical (unpaired) electrons. The van der Waals surface area contributed by atoms with Gasteiger partial charge in [0.15, 0.2) is 0 Å². The van der Waals surface area contributed by atoms with Crippen molar-refractivity contribution in [3.63, 3.8) is 0 Å². The molecule has 3 heteroatoms. The molecule has 0 saturated heterocycles. The molecule has 1 aliphatic carbocycles. The molecule has 0 aliphatic heterocycles. The van der Waals surface area contributed by atoms with Crippen molar-refractivity contribution in [1.29, 1.82) is 5.26 Å². The molecule has 3 rings (SSSR count). The van der Waals surface area contributed by atoms with Crippen molar-refractivity contribution in [3.8, 4) is 6.07 Å². The van der Waals surface area contributed by atoms with Gasteiger partial charge in [-0.25, -0.2) is 4.79 Å². The van der Waals surface area contributed by atoms with E-state index in [-0.39, 0.29) is 0 Å². The van der Waals surface area contributed by atoms with Gasteiger partial charge in [0, 0.05) is 5.56 Å². The fraction of sp³-hybridized carbons (Fsp3) is 0.304. The van der Waals surface area contributed by atoms with Gasteiger partial charge in [-0.1, -0.05) is 81.5 Å². The molecule has 134 valence electrons. The first-order valence-corrected chi connectivity index (χ1v) is 9.14. The highest BCUT2D eigenvalue weighted by Crippen LogP contribution is 2.23. The Hall–Kier alpha value is -2.86. The standard InChI is InChI=1S/C17H13NO2.C6H12/c1-2-16(15-11-7-6-10-14(15)12-18)20-17(19)13-8-4-3-5-9-13;1-2-4-6-5-3-1/h2-11,16H,1H2;1-6H2. The predicted molar refractivity (Wildman–Crippen MR) is 104 cm³/mol. The van der Waals surface area contributed by atoms with Gasteiger partial charge in [-0.05, 0) is 24.3 Å². The highest BCUT2D eigenvalue weighted by Gasteiger charge is 2.17. The van der Waals surface area contributed by atoms with Crippen LogP contribution in [0.25, 0.3) is 0 Å². The van der Waals surface area contributed by atoms with Crippen molar-refractivity contribution in [2.45, 2.75) is 44.6 Å². The second-order valence-corrected chi connectivity index (χ2v) is 6.25. The van der Waals surface area contributed by atoms with E-state index in [1.165, 1.54) is 44.6 Å². The fourth-order valence-electron chi connectivity index (χ4n) is 2.90. The third kappa shape index (κ3) is 5.89. The molecule has 1 unspecified atom stereocenters. The maximum Gasteiger partial charge on any atom is 0.339 e. The van der Waals surface area contributed by atoms with Crippen LogP contribution in [0.2, 0.25) is 0 Å². The number of ether oxygens (including phenoxy) is 1. The summed E-state index contributed by atoms with van der Waals surface area (Å²) in [6.45, 7) is 3.67. The minimum atomic E-state index is -0.640. The second-order valence-electron chi connectivity index (χ2n) is 6.25. The van der Waals surface area contributed by atoms with Crippen molar-refractivity contribution in [1.82, 2.24) is 0 Å². The average molecular weight is 347 g/mol. The Morgan fingerprint density at radius 1 is 0.962 bits per heavy atom. The van der Waals surface area contributed by atoms with Crippen LogP contribution in [0, 0.1) is 11.3 Å². The molecule has 0 spiro atoms. The lowest BCUT2D eigenvalue weighted by molar-refractivity contribution is 0.0392. The van der Waals surface area contributed by atoms with Gasteiger partial charge in [-0.15, -0.1) is 0 Å². The molecule has 1 saturated carbocycles. The van der Waals surface area contributed by atoms with Crippen molar-refractivity contribution < 1.29 is 9.53 Å². The summed E-state index contributed by atoms with van der Waals surface area (Å²) in [7, 11) is 0. The summed E-state index contributed by atoms with van der Waals surface area (Å²) >= 11 is 0. The summed E-state index contributed by atoms with van der Waals surface area (Å²) in [5, 5.41) is 9.09. The molecule has 3 nitrogen and oxygen atoms in total. The van der Waals surface area contributed by atoms with Gasteiger partial charge in [-0.2, -0.15) is 5.26 Å². The lowest BCUT2D eigenvalue weighted by Gasteiger charge is -2.15. The summed E-state index contributed by atoms with van der Waals surface area (Å²) in [5.74, 6) is -0.441. The molecule has 0 heterocycles. The summed E-state index contributed by atoms with van der Waals surface area (Å²) in [4.78, 5) is 12.0. The molecule has 0 bridgehead atoms. The molecule has 0 N–H and O–H groups in total. The normalized spacial score (nSPS) is 14.1. The number of esters is 1. The molecular formula is C23H25NO2. The van der Waals surface area contributed by atoms with Crippen LogP contribution in [0.5, 0.6) is 0 Å². The molecule has 1 atom stereocenters. The van der Waals surface area contributed by atoms with Gasteiger partial charge in [0.25, 0.3) is 0 Å². The molecule has 0 aromatic heterocycles. The van der Waals surface area contributed by atoms with Crippen molar-refractivity contribution >= 4 is 5.97 Å². The number of hydrogen-bond acceptors (Lipinski definition) is 3. The topological polar surface area (TPSA) is 50.1 Å². The van der Waals surface area contributed by atoms with E-state index in [9.17, 15) is 4.79 Å². The van der Waals surface area contributed by atoms with Gasteiger partial charge in [0.05, 0.1) is 17.2 Å². The zero-order chi connectivity index (χ0) is 18.6. The van der Waals surface area contributed by atoms with E-state index in [2.05, 4.69) is 12.6 Å². The smallest absolute Gasteiger partial charge is 0.339 e. The van der Waals surface area contributed by atoms with Gasteiger partial charge in [0.2, 0.25) is 0 Å². The van der Waals surface area contributed by atoms with E-state index >= 15 is 0 Å². The van der Waals surface area contributed by atoms with Crippen LogP contribution in [-0.2, 0) is 4.74 Å². The largest absolute Gasteiger partial charge is 0.450 e. The number of nitriles is 1. The monoisotopic (exact) mass is 347 g/mol. The summed E-state index contributed by atoms with van der Waals surface area (Å²) < 4.78 is 5.41. The van der Waals surface area contributed by atoms with E-state index in [1.54, 1.807) is 48.5 Å². The Balaban J connectivity index is 0.000000342. The number of benzene rings is 2. The predicted octanol–water partition coefficient (Wildman–Crippen LogP) is 5.98. The molecule has 26 heavy (non-hydrogen) atoms. The third-order valence-corrected chi connectivity index (χ3v) is 4.35. The maximum absolute atomic E-state index is 12.0. The minimum absolute atomic E-state index is 0.441. The van der Waals surface area contributed by atoms with Gasteiger partial charge < -0.3 is 4.74 Å². The number of carbonyl (C=O) groups excluding carboxylic acids is 1. The lowest BCUT2D eigenvalue weighted by Crippen LogP contribution is -2.11. The lowest BCUT2D eigenvalue weighted by atomic mass is 10.0. The Labute approximate surface area is 155 Å². The molecule has 2 aromatic rings.